The van der Waals surface area contributed by atoms with Crippen molar-refractivity contribution in [2.45, 2.75) is 38.8 Å². The fourth-order valence-corrected chi connectivity index (χ4v) is 3.48. The minimum absolute atomic E-state index is 0.399. The van der Waals surface area contributed by atoms with Crippen molar-refractivity contribution in [3.63, 3.8) is 0 Å². The number of aliphatic hydroxyl groups excluding tert-OH is 1. The topological polar surface area (TPSA) is 68.8 Å². The van der Waals surface area contributed by atoms with Crippen LogP contribution in [0, 0.1) is 11.7 Å². The summed E-state index contributed by atoms with van der Waals surface area (Å²) in [5.74, 6) is 0.304. The molecule has 3 aromatic rings. The summed E-state index contributed by atoms with van der Waals surface area (Å²) in [5.41, 5.74) is 3.33. The lowest BCUT2D eigenvalue weighted by molar-refractivity contribution is 0.199. The first-order valence-corrected chi connectivity index (χ1v) is 9.38. The Bertz CT molecular complexity index is 977. The lowest BCUT2D eigenvalue weighted by Crippen LogP contribution is -2.00. The van der Waals surface area contributed by atoms with Crippen LogP contribution in [0.5, 0.6) is 0 Å². The van der Waals surface area contributed by atoms with Gasteiger partial charge in [-0.3, -0.25) is 4.68 Å². The number of hydrogen-bond donors (Lipinski definition) is 1. The van der Waals surface area contributed by atoms with Crippen LogP contribution in [0.4, 0.5) is 4.39 Å². The third-order valence-electron chi connectivity index (χ3n) is 4.79. The van der Waals surface area contributed by atoms with Crippen LogP contribution >= 0.6 is 11.6 Å². The normalized spacial score (nSPS) is 15.3. The SMILES string of the molecule is C[C@@H](O)c1cc(F)ccc1-c1nn(C)nc1Cc1cn(CC2CC2)nc1Cl. The molecule has 2 heterocycles. The molecule has 1 aliphatic rings. The zero-order valence-electron chi connectivity index (χ0n) is 15.2. The van der Waals surface area contributed by atoms with Crippen LogP contribution in [-0.2, 0) is 20.0 Å². The predicted molar refractivity (Wildman–Crippen MR) is 99.8 cm³/mol. The van der Waals surface area contributed by atoms with Crippen molar-refractivity contribution in [1.29, 1.82) is 0 Å². The molecule has 27 heavy (non-hydrogen) atoms. The van der Waals surface area contributed by atoms with Crippen molar-refractivity contribution >= 4 is 11.6 Å². The second kappa shape index (κ2) is 7.05. The van der Waals surface area contributed by atoms with Gasteiger partial charge >= 0.3 is 0 Å². The minimum atomic E-state index is -0.824. The van der Waals surface area contributed by atoms with Crippen molar-refractivity contribution in [1.82, 2.24) is 24.8 Å². The predicted octanol–water partition coefficient (Wildman–Crippen LogP) is 3.53. The molecule has 0 aliphatic heterocycles. The van der Waals surface area contributed by atoms with Gasteiger partial charge in [-0.05, 0) is 49.4 Å². The smallest absolute Gasteiger partial charge is 0.154 e. The van der Waals surface area contributed by atoms with Gasteiger partial charge in [-0.1, -0.05) is 11.6 Å². The number of hydrogen-bond acceptors (Lipinski definition) is 4. The Morgan fingerprint density at radius 3 is 2.78 bits per heavy atom. The van der Waals surface area contributed by atoms with Crippen LogP contribution in [0.2, 0.25) is 5.15 Å². The van der Waals surface area contributed by atoms with Crippen LogP contribution in [-0.4, -0.2) is 29.9 Å². The van der Waals surface area contributed by atoms with E-state index in [1.807, 2.05) is 10.9 Å². The summed E-state index contributed by atoms with van der Waals surface area (Å²) >= 11 is 6.33. The van der Waals surface area contributed by atoms with E-state index in [4.69, 9.17) is 11.6 Å². The summed E-state index contributed by atoms with van der Waals surface area (Å²) in [7, 11) is 1.73. The molecular weight excluding hydrogens is 369 g/mol. The Morgan fingerprint density at radius 1 is 1.30 bits per heavy atom. The molecule has 0 amide bonds. The molecule has 0 spiro atoms. The van der Waals surface area contributed by atoms with Crippen LogP contribution in [0.1, 0.15) is 42.7 Å². The Hall–Kier alpha value is -2.25. The highest BCUT2D eigenvalue weighted by atomic mass is 35.5. The number of rotatable bonds is 6. The average Bonchev–Trinajstić information content (AvgIpc) is 3.25. The van der Waals surface area contributed by atoms with Crippen LogP contribution in [0.25, 0.3) is 11.3 Å². The summed E-state index contributed by atoms with van der Waals surface area (Å²) in [4.78, 5) is 1.47. The van der Waals surface area contributed by atoms with Crippen molar-refractivity contribution in [3.05, 3.63) is 52.2 Å². The summed E-state index contributed by atoms with van der Waals surface area (Å²) in [6, 6.07) is 4.32. The number of nitrogens with zero attached hydrogens (tertiary/aromatic N) is 5. The van der Waals surface area contributed by atoms with Gasteiger partial charge in [-0.2, -0.15) is 20.1 Å². The molecule has 1 aromatic carbocycles. The number of aliphatic hydroxyl groups is 1. The van der Waals surface area contributed by atoms with E-state index in [9.17, 15) is 9.50 Å². The maximum Gasteiger partial charge on any atom is 0.154 e. The van der Waals surface area contributed by atoms with E-state index in [0.29, 0.717) is 40.0 Å². The van der Waals surface area contributed by atoms with E-state index in [1.54, 1.807) is 20.0 Å². The van der Waals surface area contributed by atoms with E-state index < -0.39 is 11.9 Å². The summed E-state index contributed by atoms with van der Waals surface area (Å²) in [5, 5.41) is 23.8. The van der Waals surface area contributed by atoms with Gasteiger partial charge in [0.05, 0.1) is 11.8 Å². The fourth-order valence-electron chi connectivity index (χ4n) is 3.27. The molecule has 4 rings (SSSR count). The lowest BCUT2D eigenvalue weighted by atomic mass is 9.98. The highest BCUT2D eigenvalue weighted by Gasteiger charge is 2.24. The van der Waals surface area contributed by atoms with Crippen LogP contribution in [0.15, 0.2) is 24.4 Å². The van der Waals surface area contributed by atoms with Gasteiger partial charge in [0.25, 0.3) is 0 Å². The zero-order valence-corrected chi connectivity index (χ0v) is 16.0. The van der Waals surface area contributed by atoms with E-state index in [0.717, 1.165) is 12.1 Å². The highest BCUT2D eigenvalue weighted by molar-refractivity contribution is 6.30. The molecule has 2 aromatic heterocycles. The number of benzene rings is 1. The van der Waals surface area contributed by atoms with Gasteiger partial charge in [0, 0.05) is 37.3 Å². The molecule has 142 valence electrons. The van der Waals surface area contributed by atoms with Gasteiger partial charge in [0.2, 0.25) is 0 Å². The first-order valence-electron chi connectivity index (χ1n) is 9.00. The summed E-state index contributed by atoms with van der Waals surface area (Å²) in [6.45, 7) is 2.49. The highest BCUT2D eigenvalue weighted by Crippen LogP contribution is 2.33. The van der Waals surface area contributed by atoms with E-state index >= 15 is 0 Å². The molecule has 1 aliphatic carbocycles. The van der Waals surface area contributed by atoms with Crippen molar-refractivity contribution in [2.75, 3.05) is 0 Å². The molecule has 0 unspecified atom stereocenters. The van der Waals surface area contributed by atoms with Crippen molar-refractivity contribution in [2.24, 2.45) is 13.0 Å². The molecular formula is C19H21ClFN5O. The Labute approximate surface area is 161 Å². The van der Waals surface area contributed by atoms with Crippen LogP contribution < -0.4 is 0 Å². The first kappa shape index (κ1) is 18.1. The van der Waals surface area contributed by atoms with Gasteiger partial charge in [0.1, 0.15) is 11.5 Å². The Balaban J connectivity index is 1.69. The monoisotopic (exact) mass is 389 g/mol. The number of aryl methyl sites for hydroxylation is 1. The second-order valence-corrected chi connectivity index (χ2v) is 7.54. The van der Waals surface area contributed by atoms with Gasteiger partial charge < -0.3 is 5.11 Å². The lowest BCUT2D eigenvalue weighted by Gasteiger charge is -2.11. The van der Waals surface area contributed by atoms with Gasteiger partial charge in [0.15, 0.2) is 5.15 Å². The number of halogens is 2. The van der Waals surface area contributed by atoms with E-state index in [2.05, 4.69) is 15.3 Å². The summed E-state index contributed by atoms with van der Waals surface area (Å²) in [6.07, 6.45) is 4.08. The molecule has 8 heteroatoms. The molecule has 0 radical (unpaired) electrons. The quantitative estimate of drug-likeness (QED) is 0.700. The maximum absolute atomic E-state index is 13.7. The minimum Gasteiger partial charge on any atom is -0.389 e. The molecule has 0 bridgehead atoms. The molecule has 1 fully saturated rings. The summed E-state index contributed by atoms with van der Waals surface area (Å²) < 4.78 is 15.6. The third kappa shape index (κ3) is 3.89. The number of aromatic nitrogens is 5. The Morgan fingerprint density at radius 2 is 2.07 bits per heavy atom. The molecule has 0 saturated heterocycles. The average molecular weight is 390 g/mol. The van der Waals surface area contributed by atoms with Crippen LogP contribution in [0.3, 0.4) is 0 Å². The zero-order chi connectivity index (χ0) is 19.1. The molecule has 1 atom stereocenters. The largest absolute Gasteiger partial charge is 0.389 e. The molecule has 6 nitrogen and oxygen atoms in total. The standard InChI is InChI=1S/C19H21ClFN5O/c1-11(27)16-8-14(21)5-6-15(16)18-17(22-25(2)23-18)7-13-10-26(24-19(13)20)9-12-3-4-12/h5-6,8,10-12,27H,3-4,7,9H2,1-2H3/t11-/m1/s1. The Kier molecular flexibility index (Phi) is 4.74. The van der Waals surface area contributed by atoms with E-state index in [1.165, 1.54) is 29.8 Å². The fraction of sp³-hybridized carbons (Fsp3) is 0.421. The van der Waals surface area contributed by atoms with Crippen molar-refractivity contribution in [3.8, 4) is 11.3 Å². The first-order chi connectivity index (χ1) is 12.9. The maximum atomic E-state index is 13.7. The van der Waals surface area contributed by atoms with Gasteiger partial charge in [-0.25, -0.2) is 4.39 Å². The van der Waals surface area contributed by atoms with Crippen molar-refractivity contribution < 1.29 is 9.50 Å². The van der Waals surface area contributed by atoms with E-state index in [-0.39, 0.29) is 0 Å². The third-order valence-corrected chi connectivity index (χ3v) is 5.11. The molecule has 1 N–H and O–H groups in total. The second-order valence-electron chi connectivity index (χ2n) is 7.18. The molecule has 1 saturated carbocycles. The van der Waals surface area contributed by atoms with Gasteiger partial charge in [-0.15, -0.1) is 0 Å².